The van der Waals surface area contributed by atoms with E-state index in [1.165, 1.54) is 19.5 Å². The number of fused-ring (bicyclic) bond motifs is 1. The van der Waals surface area contributed by atoms with Gasteiger partial charge in [-0.25, -0.2) is 9.97 Å². The Morgan fingerprint density at radius 1 is 1.22 bits per heavy atom. The molecule has 2 aliphatic heterocycles. The number of nitrogens with zero attached hydrogens (tertiary/aromatic N) is 3. The van der Waals surface area contributed by atoms with Crippen molar-refractivity contribution in [3.8, 4) is 6.01 Å². The molecule has 4 rings (SSSR count). The number of benzene rings is 1. The maximum absolute atomic E-state index is 13.3. The maximum Gasteiger partial charge on any atom is 0.316 e. The number of nitrogens with one attached hydrogen (secondary N) is 2. The first-order chi connectivity index (χ1) is 15.1. The van der Waals surface area contributed by atoms with E-state index < -0.39 is 17.0 Å². The summed E-state index contributed by atoms with van der Waals surface area (Å²) >= 11 is 0. The molecule has 0 radical (unpaired) electrons. The quantitative estimate of drug-likeness (QED) is 0.746. The van der Waals surface area contributed by atoms with Crippen LogP contribution >= 0.6 is 0 Å². The molecule has 32 heavy (non-hydrogen) atoms. The summed E-state index contributed by atoms with van der Waals surface area (Å²) in [5, 5.41) is 6.09. The molecule has 2 atom stereocenters. The van der Waals surface area contributed by atoms with Crippen molar-refractivity contribution in [1.29, 1.82) is 0 Å². The third kappa shape index (κ3) is 4.02. The van der Waals surface area contributed by atoms with Gasteiger partial charge < -0.3 is 20.3 Å². The average Bonchev–Trinajstić information content (AvgIpc) is 3.10. The van der Waals surface area contributed by atoms with Gasteiger partial charge in [-0.1, -0.05) is 18.2 Å². The maximum atomic E-state index is 13.3. The minimum atomic E-state index is -0.899. The number of hydrogen-bond acceptors (Lipinski definition) is 6. The highest BCUT2D eigenvalue weighted by molar-refractivity contribution is 5.99. The zero-order valence-electron chi connectivity index (χ0n) is 18.6. The van der Waals surface area contributed by atoms with Crippen molar-refractivity contribution in [2.45, 2.75) is 38.3 Å². The second-order valence-electron chi connectivity index (χ2n) is 9.38. The van der Waals surface area contributed by atoms with Crippen molar-refractivity contribution >= 4 is 17.7 Å². The summed E-state index contributed by atoms with van der Waals surface area (Å²) in [5.41, 5.74) is 0.411. The molecule has 3 amide bonds. The standard InChI is InChI=1S/C23H27N5O4/c1-22(2,3)26-19(30)17-12-28(20(31)15-10-24-21(32-4)25-11-15)13-23(17)9-14-7-5-6-8-16(14)18(29)27-23/h5-8,10-11,17H,9,12-13H2,1-4H3,(H,26,30)(H,27,29)/t17-,23+/m0/s1. The molecule has 2 N–H and O–H groups in total. The Balaban J connectivity index is 1.67. The lowest BCUT2D eigenvalue weighted by atomic mass is 9.76. The van der Waals surface area contributed by atoms with E-state index in [9.17, 15) is 14.4 Å². The third-order valence-electron chi connectivity index (χ3n) is 5.83. The lowest BCUT2D eigenvalue weighted by molar-refractivity contribution is -0.127. The van der Waals surface area contributed by atoms with E-state index in [2.05, 4.69) is 20.6 Å². The smallest absolute Gasteiger partial charge is 0.316 e. The van der Waals surface area contributed by atoms with Gasteiger partial charge in [0.1, 0.15) is 0 Å². The highest BCUT2D eigenvalue weighted by Crippen LogP contribution is 2.36. The zero-order chi connectivity index (χ0) is 23.1. The highest BCUT2D eigenvalue weighted by Gasteiger charge is 2.54. The molecule has 1 fully saturated rings. The summed E-state index contributed by atoms with van der Waals surface area (Å²) in [5.74, 6) is -1.34. The van der Waals surface area contributed by atoms with Crippen LogP contribution < -0.4 is 15.4 Å². The Labute approximate surface area is 186 Å². The summed E-state index contributed by atoms with van der Waals surface area (Å²) in [4.78, 5) is 49.1. The van der Waals surface area contributed by atoms with E-state index in [-0.39, 0.29) is 36.8 Å². The molecule has 1 saturated heterocycles. The van der Waals surface area contributed by atoms with Gasteiger partial charge in [-0.2, -0.15) is 0 Å². The topological polar surface area (TPSA) is 114 Å². The van der Waals surface area contributed by atoms with Crippen molar-refractivity contribution in [2.24, 2.45) is 5.92 Å². The van der Waals surface area contributed by atoms with Crippen LogP contribution in [0.15, 0.2) is 36.7 Å². The second kappa shape index (κ2) is 7.89. The van der Waals surface area contributed by atoms with Crippen LogP contribution in [0.4, 0.5) is 0 Å². The molecular weight excluding hydrogens is 410 g/mol. The van der Waals surface area contributed by atoms with Crippen LogP contribution in [-0.4, -0.2) is 63.9 Å². The van der Waals surface area contributed by atoms with Gasteiger partial charge in [-0.3, -0.25) is 14.4 Å². The lowest BCUT2D eigenvalue weighted by Gasteiger charge is -2.39. The molecule has 1 spiro atoms. The summed E-state index contributed by atoms with van der Waals surface area (Å²) in [6.07, 6.45) is 3.26. The van der Waals surface area contributed by atoms with Crippen molar-refractivity contribution in [3.63, 3.8) is 0 Å². The Kier molecular flexibility index (Phi) is 5.36. The van der Waals surface area contributed by atoms with Gasteiger partial charge in [0, 0.05) is 36.6 Å². The molecule has 0 saturated carbocycles. The first-order valence-corrected chi connectivity index (χ1v) is 10.5. The van der Waals surface area contributed by atoms with Gasteiger partial charge in [0.15, 0.2) is 0 Å². The zero-order valence-corrected chi connectivity index (χ0v) is 18.6. The Hall–Kier alpha value is -3.49. The summed E-state index contributed by atoms with van der Waals surface area (Å²) in [6.45, 7) is 6.09. The molecule has 2 aromatic rings. The van der Waals surface area contributed by atoms with Crippen LogP contribution in [0, 0.1) is 5.92 Å². The van der Waals surface area contributed by atoms with Crippen molar-refractivity contribution in [1.82, 2.24) is 25.5 Å². The molecule has 0 aliphatic carbocycles. The molecular formula is C23H27N5O4. The second-order valence-corrected chi connectivity index (χ2v) is 9.38. The summed E-state index contributed by atoms with van der Waals surface area (Å²) < 4.78 is 4.96. The van der Waals surface area contributed by atoms with Crippen LogP contribution in [0.3, 0.4) is 0 Å². The fourth-order valence-corrected chi connectivity index (χ4v) is 4.45. The van der Waals surface area contributed by atoms with E-state index in [1.807, 2.05) is 39.0 Å². The van der Waals surface area contributed by atoms with Gasteiger partial charge in [0.25, 0.3) is 11.8 Å². The minimum Gasteiger partial charge on any atom is -0.467 e. The van der Waals surface area contributed by atoms with Crippen LogP contribution in [0.5, 0.6) is 6.01 Å². The molecule has 3 heterocycles. The first-order valence-electron chi connectivity index (χ1n) is 10.5. The number of likely N-dealkylation sites (tertiary alicyclic amines) is 1. The molecule has 1 aromatic carbocycles. The molecule has 9 heteroatoms. The lowest BCUT2D eigenvalue weighted by Crippen LogP contribution is -2.62. The van der Waals surface area contributed by atoms with Crippen LogP contribution in [0.25, 0.3) is 0 Å². The largest absolute Gasteiger partial charge is 0.467 e. The average molecular weight is 438 g/mol. The van der Waals surface area contributed by atoms with Crippen molar-refractivity contribution in [2.75, 3.05) is 20.2 Å². The van der Waals surface area contributed by atoms with Gasteiger partial charge >= 0.3 is 6.01 Å². The van der Waals surface area contributed by atoms with E-state index >= 15 is 0 Å². The number of carbonyl (C=O) groups is 3. The molecule has 0 unspecified atom stereocenters. The van der Waals surface area contributed by atoms with Gasteiger partial charge in [-0.15, -0.1) is 0 Å². The van der Waals surface area contributed by atoms with E-state index in [0.29, 0.717) is 17.5 Å². The minimum absolute atomic E-state index is 0.165. The predicted octanol–water partition coefficient (Wildman–Crippen LogP) is 1.20. The Morgan fingerprint density at radius 3 is 2.56 bits per heavy atom. The third-order valence-corrected chi connectivity index (χ3v) is 5.83. The summed E-state index contributed by atoms with van der Waals surface area (Å²) in [7, 11) is 1.45. The monoisotopic (exact) mass is 437 g/mol. The van der Waals surface area contributed by atoms with E-state index in [1.54, 1.807) is 11.0 Å². The summed E-state index contributed by atoms with van der Waals surface area (Å²) in [6, 6.07) is 7.53. The van der Waals surface area contributed by atoms with Crippen LogP contribution in [0.2, 0.25) is 0 Å². The Morgan fingerprint density at radius 2 is 1.91 bits per heavy atom. The predicted molar refractivity (Wildman–Crippen MR) is 116 cm³/mol. The molecule has 2 aliphatic rings. The van der Waals surface area contributed by atoms with Crippen LogP contribution in [-0.2, 0) is 11.2 Å². The molecule has 0 bridgehead atoms. The van der Waals surface area contributed by atoms with E-state index in [4.69, 9.17) is 4.74 Å². The normalized spacial score (nSPS) is 22.3. The fraction of sp³-hybridized carbons (Fsp3) is 0.435. The number of carbonyl (C=O) groups excluding carboxylic acids is 3. The van der Waals surface area contributed by atoms with Crippen molar-refractivity contribution in [3.05, 3.63) is 53.3 Å². The highest BCUT2D eigenvalue weighted by atomic mass is 16.5. The van der Waals surface area contributed by atoms with Crippen molar-refractivity contribution < 1.29 is 19.1 Å². The molecule has 168 valence electrons. The van der Waals surface area contributed by atoms with Gasteiger partial charge in [0.2, 0.25) is 5.91 Å². The Bertz CT molecular complexity index is 1060. The van der Waals surface area contributed by atoms with E-state index in [0.717, 1.165) is 5.56 Å². The number of hydrogen-bond donors (Lipinski definition) is 2. The molecule has 1 aromatic heterocycles. The number of amides is 3. The first kappa shape index (κ1) is 21.7. The number of ether oxygens (including phenoxy) is 1. The number of rotatable bonds is 3. The van der Waals surface area contributed by atoms with Gasteiger partial charge in [-0.05, 0) is 38.8 Å². The molecule has 9 nitrogen and oxygen atoms in total. The number of aromatic nitrogens is 2. The number of methoxy groups -OCH3 is 1. The van der Waals surface area contributed by atoms with Crippen LogP contribution in [0.1, 0.15) is 47.1 Å². The SMILES string of the molecule is COc1ncc(C(=O)N2C[C@@H](C(=O)NC(C)(C)C)[C@@]3(Cc4ccccc4C(=O)N3)C2)cn1. The van der Waals surface area contributed by atoms with Gasteiger partial charge in [0.05, 0.1) is 24.1 Å². The fourth-order valence-electron chi connectivity index (χ4n) is 4.45.